The summed E-state index contributed by atoms with van der Waals surface area (Å²) in [5, 5.41) is 9.51. The Labute approximate surface area is 151 Å². The topological polar surface area (TPSA) is 45.8 Å². The van der Waals surface area contributed by atoms with Crippen LogP contribution in [0.5, 0.6) is 0 Å². The number of allylic oxidation sites excluding steroid dienone is 1. The molecule has 0 aliphatic heterocycles. The first-order valence-electron chi connectivity index (χ1n) is 8.14. The fourth-order valence-electron chi connectivity index (χ4n) is 2.79. The molecule has 3 nitrogen and oxygen atoms in total. The van der Waals surface area contributed by atoms with Gasteiger partial charge in [0.15, 0.2) is 5.78 Å². The zero-order valence-electron chi connectivity index (χ0n) is 14.5. The van der Waals surface area contributed by atoms with Crippen molar-refractivity contribution < 1.29 is 9.18 Å². The lowest BCUT2D eigenvalue weighted by Gasteiger charge is -2.02. The molecular weight excluding hydrogens is 327 g/mol. The molecule has 0 radical (unpaired) electrons. The van der Waals surface area contributed by atoms with E-state index < -0.39 is 5.82 Å². The monoisotopic (exact) mass is 344 g/mol. The molecule has 0 N–H and O–H groups in total. The molecule has 0 spiro atoms. The summed E-state index contributed by atoms with van der Waals surface area (Å²) in [4.78, 5) is 12.6. The van der Waals surface area contributed by atoms with Gasteiger partial charge in [0.1, 0.15) is 5.82 Å². The average Bonchev–Trinajstić information content (AvgIpc) is 3.00. The van der Waals surface area contributed by atoms with E-state index in [0.717, 1.165) is 11.1 Å². The van der Waals surface area contributed by atoms with Crippen molar-refractivity contribution in [1.82, 2.24) is 4.57 Å². The standard InChI is InChI=1S/C22H17FN2O/c1-15-6-5-7-16(10-15)17(13-24)11-19-12-18(14-25(19)2)22(26)20-8-3-4-9-21(20)23/h3-12,14H,1-2H3/b17-11+. The zero-order valence-corrected chi connectivity index (χ0v) is 14.5. The maximum atomic E-state index is 13.9. The Hall–Kier alpha value is -3.45. The van der Waals surface area contributed by atoms with Crippen LogP contribution >= 0.6 is 0 Å². The van der Waals surface area contributed by atoms with E-state index in [2.05, 4.69) is 6.07 Å². The fourth-order valence-corrected chi connectivity index (χ4v) is 2.79. The first-order valence-corrected chi connectivity index (χ1v) is 8.14. The van der Waals surface area contributed by atoms with Gasteiger partial charge < -0.3 is 4.57 Å². The van der Waals surface area contributed by atoms with E-state index in [9.17, 15) is 14.4 Å². The van der Waals surface area contributed by atoms with Gasteiger partial charge in [-0.05, 0) is 36.8 Å². The molecule has 0 fully saturated rings. The Bertz CT molecular complexity index is 1050. The van der Waals surface area contributed by atoms with Gasteiger partial charge in [0, 0.05) is 24.5 Å². The van der Waals surface area contributed by atoms with Crippen molar-refractivity contribution in [3.8, 4) is 6.07 Å². The Morgan fingerprint density at radius 1 is 1.12 bits per heavy atom. The molecule has 0 bridgehead atoms. The van der Waals surface area contributed by atoms with E-state index in [0.29, 0.717) is 16.8 Å². The Morgan fingerprint density at radius 2 is 1.88 bits per heavy atom. The number of aryl methyl sites for hydroxylation is 2. The third-order valence-electron chi connectivity index (χ3n) is 4.17. The molecule has 1 aromatic heterocycles. The summed E-state index contributed by atoms with van der Waals surface area (Å²) in [7, 11) is 1.79. The Kier molecular flexibility index (Phi) is 4.81. The molecule has 0 amide bonds. The number of ketones is 1. The number of benzene rings is 2. The summed E-state index contributed by atoms with van der Waals surface area (Å²) < 4.78 is 15.6. The van der Waals surface area contributed by atoms with Gasteiger partial charge in [-0.2, -0.15) is 5.26 Å². The molecule has 1 heterocycles. The normalized spacial score (nSPS) is 11.2. The smallest absolute Gasteiger partial charge is 0.197 e. The minimum Gasteiger partial charge on any atom is -0.350 e. The van der Waals surface area contributed by atoms with Crippen molar-refractivity contribution in [1.29, 1.82) is 5.26 Å². The molecule has 0 aliphatic carbocycles. The van der Waals surface area contributed by atoms with E-state index in [1.807, 2.05) is 31.2 Å². The average molecular weight is 344 g/mol. The molecule has 0 atom stereocenters. The maximum absolute atomic E-state index is 13.9. The summed E-state index contributed by atoms with van der Waals surface area (Å²) in [6.45, 7) is 1.96. The van der Waals surface area contributed by atoms with Gasteiger partial charge in [-0.1, -0.05) is 42.0 Å². The first-order chi connectivity index (χ1) is 12.5. The van der Waals surface area contributed by atoms with Gasteiger partial charge in [-0.3, -0.25) is 4.79 Å². The van der Waals surface area contributed by atoms with Crippen molar-refractivity contribution in [2.75, 3.05) is 0 Å². The molecule has 3 rings (SSSR count). The molecule has 0 aliphatic rings. The van der Waals surface area contributed by atoms with E-state index in [4.69, 9.17) is 0 Å². The largest absolute Gasteiger partial charge is 0.350 e. The fraction of sp³-hybridized carbons (Fsp3) is 0.0909. The van der Waals surface area contributed by atoms with E-state index >= 15 is 0 Å². The molecule has 26 heavy (non-hydrogen) atoms. The number of hydrogen-bond donors (Lipinski definition) is 0. The number of carbonyl (C=O) groups excluding carboxylic acids is 1. The van der Waals surface area contributed by atoms with Gasteiger partial charge >= 0.3 is 0 Å². The van der Waals surface area contributed by atoms with Crippen molar-refractivity contribution in [2.45, 2.75) is 6.92 Å². The van der Waals surface area contributed by atoms with Gasteiger partial charge in [0.2, 0.25) is 0 Å². The minimum absolute atomic E-state index is 0.0350. The lowest BCUT2D eigenvalue weighted by molar-refractivity contribution is 0.103. The van der Waals surface area contributed by atoms with Gasteiger partial charge in [-0.15, -0.1) is 0 Å². The second-order valence-electron chi connectivity index (χ2n) is 6.11. The molecule has 0 unspecified atom stereocenters. The third-order valence-corrected chi connectivity index (χ3v) is 4.17. The van der Waals surface area contributed by atoms with Crippen molar-refractivity contribution in [3.63, 3.8) is 0 Å². The van der Waals surface area contributed by atoms with Crippen LogP contribution in [0.3, 0.4) is 0 Å². The Balaban J connectivity index is 1.99. The van der Waals surface area contributed by atoms with Crippen molar-refractivity contribution in [3.05, 3.63) is 94.6 Å². The van der Waals surface area contributed by atoms with Crippen LogP contribution in [0.2, 0.25) is 0 Å². The van der Waals surface area contributed by atoms with Crippen LogP contribution in [0.15, 0.2) is 60.8 Å². The van der Waals surface area contributed by atoms with E-state index in [1.54, 1.807) is 42.1 Å². The van der Waals surface area contributed by atoms with Crippen LogP contribution in [0, 0.1) is 24.1 Å². The van der Waals surface area contributed by atoms with Crippen LogP contribution in [-0.4, -0.2) is 10.4 Å². The van der Waals surface area contributed by atoms with E-state index in [1.165, 1.54) is 12.1 Å². The van der Waals surface area contributed by atoms with Crippen LogP contribution in [0.1, 0.15) is 32.7 Å². The molecule has 128 valence electrons. The van der Waals surface area contributed by atoms with Crippen molar-refractivity contribution >= 4 is 17.4 Å². The number of nitrogens with zero attached hydrogens (tertiary/aromatic N) is 2. The second-order valence-corrected chi connectivity index (χ2v) is 6.11. The van der Waals surface area contributed by atoms with Crippen LogP contribution in [0.25, 0.3) is 11.6 Å². The maximum Gasteiger partial charge on any atom is 0.197 e. The summed E-state index contributed by atoms with van der Waals surface area (Å²) >= 11 is 0. The summed E-state index contributed by atoms with van der Waals surface area (Å²) in [5.74, 6) is -0.927. The number of hydrogen-bond acceptors (Lipinski definition) is 2. The number of carbonyl (C=O) groups is 1. The number of nitriles is 1. The highest BCUT2D eigenvalue weighted by Crippen LogP contribution is 2.21. The highest BCUT2D eigenvalue weighted by atomic mass is 19.1. The lowest BCUT2D eigenvalue weighted by atomic mass is 10.0. The zero-order chi connectivity index (χ0) is 18.7. The number of aromatic nitrogens is 1. The molecular formula is C22H17FN2O. The molecule has 4 heteroatoms. The van der Waals surface area contributed by atoms with E-state index in [-0.39, 0.29) is 11.3 Å². The molecule has 3 aromatic rings. The second kappa shape index (κ2) is 7.20. The molecule has 0 saturated carbocycles. The third kappa shape index (κ3) is 3.47. The number of halogens is 1. The molecule has 0 saturated heterocycles. The van der Waals surface area contributed by atoms with Crippen LogP contribution < -0.4 is 0 Å². The minimum atomic E-state index is -0.545. The predicted molar refractivity (Wildman–Crippen MR) is 99.9 cm³/mol. The summed E-state index contributed by atoms with van der Waals surface area (Å²) in [6, 6.07) is 17.4. The van der Waals surface area contributed by atoms with Gasteiger partial charge in [0.05, 0.1) is 17.2 Å². The first kappa shape index (κ1) is 17.4. The highest BCUT2D eigenvalue weighted by Gasteiger charge is 2.16. The number of rotatable bonds is 4. The van der Waals surface area contributed by atoms with Crippen LogP contribution in [0.4, 0.5) is 4.39 Å². The summed E-state index contributed by atoms with van der Waals surface area (Å²) in [5.41, 5.74) is 3.49. The Morgan fingerprint density at radius 3 is 2.58 bits per heavy atom. The highest BCUT2D eigenvalue weighted by molar-refractivity contribution is 6.09. The SMILES string of the molecule is Cc1cccc(/C(C#N)=C/c2cc(C(=O)c3ccccc3F)cn2C)c1. The quantitative estimate of drug-likeness (QED) is 0.506. The predicted octanol–water partition coefficient (Wildman–Crippen LogP) is 4.77. The molecule has 2 aromatic carbocycles. The van der Waals surface area contributed by atoms with Crippen LogP contribution in [-0.2, 0) is 7.05 Å². The summed E-state index contributed by atoms with van der Waals surface area (Å²) in [6.07, 6.45) is 3.37. The van der Waals surface area contributed by atoms with Gasteiger partial charge in [0.25, 0.3) is 0 Å². The lowest BCUT2D eigenvalue weighted by Crippen LogP contribution is -2.02. The van der Waals surface area contributed by atoms with Crippen molar-refractivity contribution in [2.24, 2.45) is 7.05 Å². The van der Waals surface area contributed by atoms with Gasteiger partial charge in [-0.25, -0.2) is 4.39 Å².